The minimum Gasteiger partial charge on any atom is -0.479 e. The first-order valence-corrected chi connectivity index (χ1v) is 6.95. The van der Waals surface area contributed by atoms with Crippen LogP contribution in [0.1, 0.15) is 31.7 Å². The number of rotatable bonds is 7. The Morgan fingerprint density at radius 3 is 2.84 bits per heavy atom. The standard InChI is InChI=1S/C14H19ClN2O2/c1-2-12(14(16)18)19-13-6-3-9(7-11(13)15)8-17-10-4-5-10/h3,6-7,10,12,17H,2,4-5,8H2,1H3,(H2,16,18). The molecule has 0 aliphatic heterocycles. The highest BCUT2D eigenvalue weighted by Gasteiger charge is 2.20. The van der Waals surface area contributed by atoms with Gasteiger partial charge in [-0.3, -0.25) is 4.79 Å². The first-order valence-electron chi connectivity index (χ1n) is 6.58. The summed E-state index contributed by atoms with van der Waals surface area (Å²) in [5, 5.41) is 3.93. The van der Waals surface area contributed by atoms with Gasteiger partial charge in [-0.25, -0.2) is 0 Å². The predicted molar refractivity (Wildman–Crippen MR) is 75.2 cm³/mol. The molecule has 104 valence electrons. The monoisotopic (exact) mass is 282 g/mol. The van der Waals surface area contributed by atoms with E-state index in [-0.39, 0.29) is 0 Å². The molecule has 1 aromatic carbocycles. The molecule has 1 aromatic rings. The van der Waals surface area contributed by atoms with Gasteiger partial charge in [0.2, 0.25) is 0 Å². The summed E-state index contributed by atoms with van der Waals surface area (Å²) in [5.74, 6) is 0.0283. The summed E-state index contributed by atoms with van der Waals surface area (Å²) < 4.78 is 5.52. The Kier molecular flexibility index (Phi) is 4.66. The van der Waals surface area contributed by atoms with Crippen molar-refractivity contribution in [2.24, 2.45) is 5.73 Å². The lowest BCUT2D eigenvalue weighted by molar-refractivity contribution is -0.124. The molecular weight excluding hydrogens is 264 g/mol. The lowest BCUT2D eigenvalue weighted by Gasteiger charge is -2.15. The summed E-state index contributed by atoms with van der Waals surface area (Å²) >= 11 is 6.16. The third kappa shape index (κ3) is 4.11. The predicted octanol–water partition coefficient (Wildman–Crippen LogP) is 2.23. The van der Waals surface area contributed by atoms with E-state index in [4.69, 9.17) is 22.1 Å². The molecule has 1 unspecified atom stereocenters. The molecule has 1 aliphatic carbocycles. The number of ether oxygens (including phenoxy) is 1. The van der Waals surface area contributed by atoms with Crippen molar-refractivity contribution in [3.8, 4) is 5.75 Å². The second-order valence-corrected chi connectivity index (χ2v) is 5.24. The zero-order valence-electron chi connectivity index (χ0n) is 11.0. The van der Waals surface area contributed by atoms with Gasteiger partial charge in [0, 0.05) is 12.6 Å². The van der Waals surface area contributed by atoms with Crippen LogP contribution in [0.25, 0.3) is 0 Å². The van der Waals surface area contributed by atoms with Crippen LogP contribution in [0.4, 0.5) is 0 Å². The van der Waals surface area contributed by atoms with Gasteiger partial charge in [-0.15, -0.1) is 0 Å². The van der Waals surface area contributed by atoms with Gasteiger partial charge in [0.25, 0.3) is 5.91 Å². The third-order valence-electron chi connectivity index (χ3n) is 3.13. The number of nitrogens with two attached hydrogens (primary N) is 1. The molecule has 5 heteroatoms. The van der Waals surface area contributed by atoms with Gasteiger partial charge in [0.15, 0.2) is 6.10 Å². The second kappa shape index (κ2) is 6.26. The molecule has 0 aromatic heterocycles. The molecular formula is C14H19ClN2O2. The van der Waals surface area contributed by atoms with Crippen LogP contribution in [0.5, 0.6) is 5.75 Å². The molecule has 0 bridgehead atoms. The van der Waals surface area contributed by atoms with E-state index in [0.717, 1.165) is 12.1 Å². The molecule has 1 saturated carbocycles. The zero-order valence-corrected chi connectivity index (χ0v) is 11.7. The van der Waals surface area contributed by atoms with E-state index in [1.165, 1.54) is 12.8 Å². The number of halogens is 1. The molecule has 0 saturated heterocycles. The Hall–Kier alpha value is -1.26. The minimum atomic E-state index is -0.632. The van der Waals surface area contributed by atoms with Crippen LogP contribution in [-0.2, 0) is 11.3 Å². The molecule has 1 atom stereocenters. The Morgan fingerprint density at radius 2 is 2.32 bits per heavy atom. The Balaban J connectivity index is 1.98. The van der Waals surface area contributed by atoms with Crippen molar-refractivity contribution < 1.29 is 9.53 Å². The normalized spacial score (nSPS) is 16.1. The molecule has 0 heterocycles. The second-order valence-electron chi connectivity index (χ2n) is 4.84. The molecule has 2 rings (SSSR count). The zero-order chi connectivity index (χ0) is 13.8. The molecule has 4 nitrogen and oxygen atoms in total. The quantitative estimate of drug-likeness (QED) is 0.806. The summed E-state index contributed by atoms with van der Waals surface area (Å²) in [6.07, 6.45) is 2.40. The molecule has 1 fully saturated rings. The minimum absolute atomic E-state index is 0.474. The summed E-state index contributed by atoms with van der Waals surface area (Å²) in [5.41, 5.74) is 6.35. The molecule has 1 aliphatic rings. The van der Waals surface area contributed by atoms with E-state index in [0.29, 0.717) is 23.2 Å². The fourth-order valence-electron chi connectivity index (χ4n) is 1.80. The van der Waals surface area contributed by atoms with Gasteiger partial charge in [0.1, 0.15) is 5.75 Å². The van der Waals surface area contributed by atoms with Gasteiger partial charge in [-0.2, -0.15) is 0 Å². The molecule has 19 heavy (non-hydrogen) atoms. The van der Waals surface area contributed by atoms with Crippen LogP contribution >= 0.6 is 11.6 Å². The highest BCUT2D eigenvalue weighted by atomic mass is 35.5. The molecule has 1 amide bonds. The SMILES string of the molecule is CCC(Oc1ccc(CNC2CC2)cc1Cl)C(N)=O. The van der Waals surface area contributed by atoms with Gasteiger partial charge < -0.3 is 15.8 Å². The van der Waals surface area contributed by atoms with Crippen LogP contribution < -0.4 is 15.8 Å². The first kappa shape index (κ1) is 14.2. The topological polar surface area (TPSA) is 64.3 Å². The van der Waals surface area contributed by atoms with Crippen LogP contribution in [-0.4, -0.2) is 18.1 Å². The summed E-state index contributed by atoms with van der Waals surface area (Å²) in [6.45, 7) is 2.65. The maximum Gasteiger partial charge on any atom is 0.258 e. The smallest absolute Gasteiger partial charge is 0.258 e. The lowest BCUT2D eigenvalue weighted by Crippen LogP contribution is -2.33. The first-order chi connectivity index (χ1) is 9.10. The highest BCUT2D eigenvalue weighted by molar-refractivity contribution is 6.32. The van der Waals surface area contributed by atoms with Gasteiger partial charge >= 0.3 is 0 Å². The van der Waals surface area contributed by atoms with E-state index in [1.54, 1.807) is 6.07 Å². The van der Waals surface area contributed by atoms with E-state index in [2.05, 4.69) is 5.32 Å². The van der Waals surface area contributed by atoms with Crippen molar-refractivity contribution in [1.29, 1.82) is 0 Å². The van der Waals surface area contributed by atoms with Crippen molar-refractivity contribution in [1.82, 2.24) is 5.32 Å². The average molecular weight is 283 g/mol. The Morgan fingerprint density at radius 1 is 1.58 bits per heavy atom. The van der Waals surface area contributed by atoms with Crippen molar-refractivity contribution in [3.63, 3.8) is 0 Å². The largest absolute Gasteiger partial charge is 0.479 e. The van der Waals surface area contributed by atoms with E-state index in [9.17, 15) is 4.79 Å². The van der Waals surface area contributed by atoms with Crippen LogP contribution in [0.2, 0.25) is 5.02 Å². The number of carbonyl (C=O) groups is 1. The lowest BCUT2D eigenvalue weighted by atomic mass is 10.2. The van der Waals surface area contributed by atoms with Crippen molar-refractivity contribution >= 4 is 17.5 Å². The van der Waals surface area contributed by atoms with E-state index in [1.807, 2.05) is 19.1 Å². The molecule has 0 radical (unpaired) electrons. The number of primary amides is 1. The summed E-state index contributed by atoms with van der Waals surface area (Å²) in [7, 11) is 0. The van der Waals surface area contributed by atoms with Crippen molar-refractivity contribution in [2.75, 3.05) is 0 Å². The number of carbonyl (C=O) groups excluding carboxylic acids is 1. The van der Waals surface area contributed by atoms with E-state index >= 15 is 0 Å². The summed E-state index contributed by atoms with van der Waals surface area (Å²) in [6, 6.07) is 6.26. The molecule has 3 N–H and O–H groups in total. The Bertz CT molecular complexity index is 461. The number of hydrogen-bond donors (Lipinski definition) is 2. The fraction of sp³-hybridized carbons (Fsp3) is 0.500. The van der Waals surface area contributed by atoms with Crippen LogP contribution in [0.3, 0.4) is 0 Å². The van der Waals surface area contributed by atoms with Gasteiger partial charge in [-0.1, -0.05) is 24.6 Å². The maximum absolute atomic E-state index is 11.1. The average Bonchev–Trinajstić information content (AvgIpc) is 3.19. The number of benzene rings is 1. The molecule has 0 spiro atoms. The van der Waals surface area contributed by atoms with E-state index < -0.39 is 12.0 Å². The Labute approximate surface area is 118 Å². The van der Waals surface area contributed by atoms with Crippen LogP contribution in [0, 0.1) is 0 Å². The van der Waals surface area contributed by atoms with Gasteiger partial charge in [0.05, 0.1) is 5.02 Å². The third-order valence-corrected chi connectivity index (χ3v) is 3.42. The number of amides is 1. The highest BCUT2D eigenvalue weighted by Crippen LogP contribution is 2.27. The van der Waals surface area contributed by atoms with Crippen molar-refractivity contribution in [3.05, 3.63) is 28.8 Å². The van der Waals surface area contributed by atoms with Crippen LogP contribution in [0.15, 0.2) is 18.2 Å². The fourth-order valence-corrected chi connectivity index (χ4v) is 2.04. The number of nitrogens with one attached hydrogen (secondary N) is 1. The number of hydrogen-bond acceptors (Lipinski definition) is 3. The summed E-state index contributed by atoms with van der Waals surface area (Å²) in [4.78, 5) is 11.1. The van der Waals surface area contributed by atoms with Gasteiger partial charge in [-0.05, 0) is 37.0 Å². The van der Waals surface area contributed by atoms with Crippen molar-refractivity contribution in [2.45, 2.75) is 44.9 Å². The maximum atomic E-state index is 11.1.